The van der Waals surface area contributed by atoms with Gasteiger partial charge in [-0.15, -0.1) is 0 Å². The summed E-state index contributed by atoms with van der Waals surface area (Å²) in [5, 5.41) is 1.98. The van der Waals surface area contributed by atoms with Gasteiger partial charge in [0.1, 0.15) is 11.9 Å². The lowest BCUT2D eigenvalue weighted by Crippen LogP contribution is -2.30. The van der Waals surface area contributed by atoms with Gasteiger partial charge < -0.3 is 23.4 Å². The van der Waals surface area contributed by atoms with E-state index >= 15 is 0 Å². The molecule has 0 fully saturated rings. The molecule has 7 nitrogen and oxygen atoms in total. The molecule has 0 spiro atoms. The molecule has 0 saturated carbocycles. The van der Waals surface area contributed by atoms with Crippen LogP contribution in [0.2, 0.25) is 0 Å². The van der Waals surface area contributed by atoms with Crippen molar-refractivity contribution < 1.29 is 32.5 Å². The zero-order valence-electron chi connectivity index (χ0n) is 24.8. The van der Waals surface area contributed by atoms with Gasteiger partial charge in [-0.1, -0.05) is 114 Å². The molecule has 0 saturated heterocycles. The Balaban J connectivity index is 1.52. The minimum Gasteiger partial charge on any atom is -0.746 e. The highest BCUT2D eigenvalue weighted by atomic mass is 32.1. The lowest BCUT2D eigenvalue weighted by Gasteiger charge is -2.26. The summed E-state index contributed by atoms with van der Waals surface area (Å²) in [4.78, 5) is 12.4. The molecule has 0 aliphatic rings. The van der Waals surface area contributed by atoms with E-state index < -0.39 is 13.9 Å². The number of unbranched alkanes of at least 4 members (excludes halogenated alkanes) is 13. The predicted octanol–water partition coefficient (Wildman–Crippen LogP) is 7.85. The van der Waals surface area contributed by atoms with Gasteiger partial charge in [0.2, 0.25) is 5.51 Å². The first-order chi connectivity index (χ1) is 19.5. The molecule has 0 N–H and O–H groups in total. The molecule has 0 amide bonds. The van der Waals surface area contributed by atoms with Crippen LogP contribution < -0.4 is 14.0 Å². The van der Waals surface area contributed by atoms with E-state index in [1.165, 1.54) is 77.0 Å². The maximum Gasteiger partial charge on any atom is 0.319 e. The smallest absolute Gasteiger partial charge is 0.319 e. The normalized spacial score (nSPS) is 13.8. The Morgan fingerprint density at radius 1 is 0.900 bits per heavy atom. The summed E-state index contributed by atoms with van der Waals surface area (Å²) in [6.07, 6.45) is 20.0. The molecule has 2 atom stereocenters. The largest absolute Gasteiger partial charge is 0.746 e. The van der Waals surface area contributed by atoms with Gasteiger partial charge in [-0.05, 0) is 25.5 Å². The summed E-state index contributed by atoms with van der Waals surface area (Å²) >= 11 is 1.60. The second-order valence-electron chi connectivity index (χ2n) is 10.4. The Morgan fingerprint density at radius 2 is 1.55 bits per heavy atom. The van der Waals surface area contributed by atoms with Crippen molar-refractivity contribution in [1.29, 1.82) is 0 Å². The molecule has 1 aromatic carbocycles. The Hall–Kier alpha value is -1.28. The first-order valence-corrected chi connectivity index (χ1v) is 17.8. The van der Waals surface area contributed by atoms with E-state index in [1.54, 1.807) is 29.5 Å². The summed E-state index contributed by atoms with van der Waals surface area (Å²) in [5.41, 5.74) is 2.93. The maximum absolute atomic E-state index is 12.4. The Labute approximate surface area is 246 Å². The van der Waals surface area contributed by atoms with Crippen LogP contribution >= 0.6 is 19.2 Å². The summed E-state index contributed by atoms with van der Waals surface area (Å²) in [6, 6.07) is 7.01. The van der Waals surface area contributed by atoms with E-state index in [2.05, 4.69) is 6.92 Å². The Kier molecular flexibility index (Phi) is 19.5. The van der Waals surface area contributed by atoms with Crippen molar-refractivity contribution in [1.82, 2.24) is 0 Å². The number of nitrogens with zero attached hydrogens (tertiary/aromatic N) is 1. The number of benzene rings is 1. The number of aromatic nitrogens is 1. The lowest BCUT2D eigenvalue weighted by atomic mass is 10.0. The van der Waals surface area contributed by atoms with E-state index in [0.29, 0.717) is 26.4 Å². The van der Waals surface area contributed by atoms with Crippen LogP contribution in [-0.2, 0) is 25.1 Å². The van der Waals surface area contributed by atoms with Crippen molar-refractivity contribution in [3.63, 3.8) is 0 Å². The molecule has 2 rings (SSSR count). The van der Waals surface area contributed by atoms with Gasteiger partial charge in [-0.3, -0.25) is 4.57 Å². The molecular weight excluding hydrogens is 545 g/mol. The van der Waals surface area contributed by atoms with E-state index in [4.69, 9.17) is 18.5 Å². The summed E-state index contributed by atoms with van der Waals surface area (Å²) in [6.45, 7) is 6.01. The number of rotatable bonds is 26. The first kappa shape index (κ1) is 34.9. The monoisotopic (exact) mass is 597 g/mol. The zero-order chi connectivity index (χ0) is 28.7. The van der Waals surface area contributed by atoms with E-state index in [-0.39, 0.29) is 12.4 Å². The molecule has 0 bridgehead atoms. The van der Waals surface area contributed by atoms with Gasteiger partial charge in [0, 0.05) is 18.8 Å². The molecule has 0 radical (unpaired) electrons. The van der Waals surface area contributed by atoms with E-state index in [9.17, 15) is 9.46 Å². The van der Waals surface area contributed by atoms with Crippen molar-refractivity contribution in [2.75, 3.05) is 26.4 Å². The molecule has 1 aromatic heterocycles. The number of phosphoric acid groups is 1. The number of thiazole rings is 1. The van der Waals surface area contributed by atoms with E-state index in [1.807, 2.05) is 34.6 Å². The third kappa shape index (κ3) is 17.5. The highest BCUT2D eigenvalue weighted by Crippen LogP contribution is 2.39. The molecule has 0 aliphatic carbocycles. The fourth-order valence-corrected chi connectivity index (χ4v) is 5.96. The van der Waals surface area contributed by atoms with Crippen LogP contribution in [0, 0.1) is 0 Å². The van der Waals surface area contributed by atoms with Crippen LogP contribution in [-0.4, -0.2) is 32.5 Å². The zero-order valence-corrected chi connectivity index (χ0v) is 26.5. The van der Waals surface area contributed by atoms with Crippen LogP contribution in [0.25, 0.3) is 0 Å². The third-order valence-corrected chi connectivity index (χ3v) is 8.35. The molecule has 228 valence electrons. The highest BCUT2D eigenvalue weighted by molar-refractivity contribution is 7.46. The molecule has 2 unspecified atom stereocenters. The number of hydrogen-bond donors (Lipinski definition) is 0. The quantitative estimate of drug-likeness (QED) is 0.0624. The molecule has 2 aromatic rings. The Bertz CT molecular complexity index is 913. The minimum absolute atomic E-state index is 0.141. The fraction of sp³-hybridized carbons (Fsp3) is 0.710. The summed E-state index contributed by atoms with van der Waals surface area (Å²) in [7, 11) is -4.55. The van der Waals surface area contributed by atoms with Crippen molar-refractivity contribution >= 4 is 19.2 Å². The van der Waals surface area contributed by atoms with Crippen molar-refractivity contribution in [3.8, 4) is 5.75 Å². The number of phosphoric ester groups is 1. The first-order valence-electron chi connectivity index (χ1n) is 15.4. The average Bonchev–Trinajstić information content (AvgIpc) is 3.44. The number of ether oxygens (including phenoxy) is 2. The van der Waals surface area contributed by atoms with Crippen molar-refractivity contribution in [2.45, 2.75) is 116 Å². The SMILES string of the molecule is CCCCCCCCCCCCCCCCOCC(COP(=O)([O-])Oc1cccc(C[n+]2ccsc2)c1)OCC. The lowest BCUT2D eigenvalue weighted by molar-refractivity contribution is -0.683. The van der Waals surface area contributed by atoms with Crippen LogP contribution in [0.15, 0.2) is 41.4 Å². The summed E-state index contributed by atoms with van der Waals surface area (Å²) < 4.78 is 36.2. The number of hydrogen-bond acceptors (Lipinski definition) is 7. The summed E-state index contributed by atoms with van der Waals surface area (Å²) in [5.74, 6) is 0.230. The third-order valence-electron chi connectivity index (χ3n) is 6.77. The predicted molar refractivity (Wildman–Crippen MR) is 161 cm³/mol. The van der Waals surface area contributed by atoms with Crippen molar-refractivity contribution in [2.24, 2.45) is 0 Å². The second kappa shape index (κ2) is 22.3. The molecular formula is C31H52NO6PS. The average molecular weight is 598 g/mol. The van der Waals surface area contributed by atoms with Crippen LogP contribution in [0.1, 0.15) is 109 Å². The molecule has 40 heavy (non-hydrogen) atoms. The Morgan fingerprint density at radius 3 is 2.15 bits per heavy atom. The van der Waals surface area contributed by atoms with Crippen LogP contribution in [0.4, 0.5) is 0 Å². The maximum atomic E-state index is 12.4. The topological polar surface area (TPSA) is 80.9 Å². The van der Waals surface area contributed by atoms with Crippen molar-refractivity contribution in [3.05, 3.63) is 46.9 Å². The minimum atomic E-state index is -4.55. The fourth-order valence-electron chi connectivity index (χ4n) is 4.59. The second-order valence-corrected chi connectivity index (χ2v) is 12.5. The van der Waals surface area contributed by atoms with Crippen LogP contribution in [0.5, 0.6) is 5.75 Å². The van der Waals surface area contributed by atoms with E-state index in [0.717, 1.165) is 18.4 Å². The standard InChI is InChI=1S/C31H52NO6PS/c1-3-5-6-7-8-9-10-11-12-13-14-15-16-17-22-35-26-31(36-4-2)27-37-39(33,34)38-30-20-18-19-29(24-30)25-32-21-23-40-28-32/h18-21,23-24,28,31H,3-17,22,25-27H2,1-2H3. The van der Waals surface area contributed by atoms with Gasteiger partial charge in [-0.2, -0.15) is 4.57 Å². The van der Waals surface area contributed by atoms with Gasteiger partial charge >= 0.3 is 7.82 Å². The highest BCUT2D eigenvalue weighted by Gasteiger charge is 2.17. The molecule has 1 heterocycles. The van der Waals surface area contributed by atoms with Gasteiger partial charge in [0.15, 0.2) is 12.7 Å². The van der Waals surface area contributed by atoms with Gasteiger partial charge in [-0.25, -0.2) is 0 Å². The van der Waals surface area contributed by atoms with Crippen LogP contribution in [0.3, 0.4) is 0 Å². The van der Waals surface area contributed by atoms with Gasteiger partial charge in [0.25, 0.3) is 0 Å². The molecule has 9 heteroatoms. The molecule has 0 aliphatic heterocycles. The van der Waals surface area contributed by atoms with Gasteiger partial charge in [0.05, 0.1) is 18.6 Å².